The zero-order valence-electron chi connectivity index (χ0n) is 13.6. The van der Waals surface area contributed by atoms with Gasteiger partial charge in [-0.25, -0.2) is 0 Å². The smallest absolute Gasteiger partial charge is 0.343 e. The first-order valence-electron chi connectivity index (χ1n) is 7.92. The van der Waals surface area contributed by atoms with Gasteiger partial charge in [-0.3, -0.25) is 4.68 Å². The molecule has 0 amide bonds. The van der Waals surface area contributed by atoms with E-state index in [1.54, 1.807) is 12.1 Å². The molecule has 1 aromatic heterocycles. The Balaban J connectivity index is 0.00000196. The summed E-state index contributed by atoms with van der Waals surface area (Å²) in [5.41, 5.74) is 4.24. The van der Waals surface area contributed by atoms with Gasteiger partial charge in [-0.1, -0.05) is 83.6 Å². The van der Waals surface area contributed by atoms with E-state index in [2.05, 4.69) is 28.6 Å². The molecule has 0 fully saturated rings. The van der Waals surface area contributed by atoms with E-state index in [9.17, 15) is 4.79 Å². The van der Waals surface area contributed by atoms with Gasteiger partial charge in [0.1, 0.15) is 0 Å². The molecule has 1 heterocycles. The summed E-state index contributed by atoms with van der Waals surface area (Å²) in [5.74, 6) is -0.250. The zero-order valence-corrected chi connectivity index (χ0v) is 15.8. The Bertz CT molecular complexity index is 996. The third kappa shape index (κ3) is 3.73. The summed E-state index contributed by atoms with van der Waals surface area (Å²) in [5, 5.41) is 7.98. The molecule has 0 unspecified atom stereocenters. The van der Waals surface area contributed by atoms with E-state index in [1.165, 1.54) is 0 Å². The van der Waals surface area contributed by atoms with E-state index in [4.69, 9.17) is 0 Å². The van der Waals surface area contributed by atoms with Gasteiger partial charge in [0.2, 0.25) is 0 Å². The van der Waals surface area contributed by atoms with Gasteiger partial charge < -0.3 is 4.79 Å². The van der Waals surface area contributed by atoms with Crippen LogP contribution in [0.5, 0.6) is 0 Å². The van der Waals surface area contributed by atoms with Crippen LogP contribution >= 0.6 is 0 Å². The van der Waals surface area contributed by atoms with Gasteiger partial charge in [0.15, 0.2) is 5.91 Å². The summed E-state index contributed by atoms with van der Waals surface area (Å²) < 4.78 is 1.15. The second kappa shape index (κ2) is 8.06. The van der Waals surface area contributed by atoms with Crippen LogP contribution in [0.4, 0.5) is 0 Å². The van der Waals surface area contributed by atoms with Crippen molar-refractivity contribution < 1.29 is 27.2 Å². The van der Waals surface area contributed by atoms with Gasteiger partial charge in [-0.15, -0.1) is 12.1 Å². The largest absolute Gasteiger partial charge is 1.00 e. The number of carbonyl (C=O) groups excluding carboxylic acids is 1. The number of nitrogens with zero attached hydrogens (tertiary/aromatic N) is 3. The molecule has 0 radical (unpaired) electrons. The molecule has 26 heavy (non-hydrogen) atoms. The van der Waals surface area contributed by atoms with Crippen molar-refractivity contribution in [2.24, 2.45) is 0 Å². The molecule has 0 bridgehead atoms. The average molecular weight is 521 g/mol. The van der Waals surface area contributed by atoms with E-state index in [1.807, 2.05) is 60.7 Å². The van der Waals surface area contributed by atoms with Crippen LogP contribution in [0.15, 0.2) is 84.9 Å². The minimum atomic E-state index is -0.250. The van der Waals surface area contributed by atoms with Crippen LogP contribution in [-0.2, 0) is 22.4 Å². The number of carbonyl (C=O) groups is 1. The maximum Gasteiger partial charge on any atom is 1.00 e. The molecule has 5 heteroatoms. The van der Waals surface area contributed by atoms with Gasteiger partial charge in [0.25, 0.3) is 0 Å². The first-order valence-corrected chi connectivity index (χ1v) is 7.92. The SMILES string of the molecule is O=C(c1ccccc1)n1[c-]c(-c2ccc(-c3ccccc3)cc2)nn1.[Au+]. The minimum Gasteiger partial charge on any atom is -0.343 e. The van der Waals surface area contributed by atoms with Gasteiger partial charge >= 0.3 is 22.4 Å². The van der Waals surface area contributed by atoms with E-state index < -0.39 is 0 Å². The van der Waals surface area contributed by atoms with Crippen LogP contribution in [0, 0.1) is 6.20 Å². The fraction of sp³-hybridized carbons (Fsp3) is 0. The van der Waals surface area contributed by atoms with Crippen LogP contribution in [-0.4, -0.2) is 20.9 Å². The molecule has 0 N–H and O–H groups in total. The second-order valence-electron chi connectivity index (χ2n) is 5.58. The van der Waals surface area contributed by atoms with E-state index in [0.717, 1.165) is 21.4 Å². The van der Waals surface area contributed by atoms with E-state index in [-0.39, 0.29) is 28.3 Å². The molecule has 0 saturated carbocycles. The molecule has 130 valence electrons. The van der Waals surface area contributed by atoms with Gasteiger partial charge in [-0.05, 0) is 22.9 Å². The average Bonchev–Trinajstić information content (AvgIpc) is 3.19. The molecule has 0 aliphatic carbocycles. The Kier molecular flexibility index (Phi) is 5.58. The van der Waals surface area contributed by atoms with Gasteiger partial charge in [-0.2, -0.15) is 5.10 Å². The second-order valence-corrected chi connectivity index (χ2v) is 5.58. The van der Waals surface area contributed by atoms with Gasteiger partial charge in [0, 0.05) is 5.69 Å². The summed E-state index contributed by atoms with van der Waals surface area (Å²) in [6.07, 6.45) is 2.93. The first kappa shape index (κ1) is 18.0. The van der Waals surface area contributed by atoms with Gasteiger partial charge in [0.05, 0.1) is 0 Å². The van der Waals surface area contributed by atoms with Crippen LogP contribution in [0.2, 0.25) is 0 Å². The normalized spacial score (nSPS) is 10.2. The Morgan fingerprint density at radius 1 is 0.731 bits per heavy atom. The minimum absolute atomic E-state index is 0. The number of hydrogen-bond acceptors (Lipinski definition) is 3. The number of benzene rings is 3. The molecular weight excluding hydrogens is 507 g/mol. The monoisotopic (exact) mass is 521 g/mol. The zero-order chi connectivity index (χ0) is 17.1. The topological polar surface area (TPSA) is 47.8 Å². The van der Waals surface area contributed by atoms with Crippen molar-refractivity contribution in [3.63, 3.8) is 0 Å². The summed E-state index contributed by atoms with van der Waals surface area (Å²) >= 11 is 0. The maximum atomic E-state index is 12.4. The Morgan fingerprint density at radius 2 is 1.27 bits per heavy atom. The molecule has 4 nitrogen and oxygen atoms in total. The Morgan fingerprint density at radius 3 is 1.92 bits per heavy atom. The first-order chi connectivity index (χ1) is 12.3. The van der Waals surface area contributed by atoms with Crippen LogP contribution < -0.4 is 0 Å². The molecule has 0 aliphatic heterocycles. The number of rotatable bonds is 3. The predicted octanol–water partition coefficient (Wildman–Crippen LogP) is 4.10. The maximum absolute atomic E-state index is 12.4. The molecule has 3 aromatic carbocycles. The predicted molar refractivity (Wildman–Crippen MR) is 95.9 cm³/mol. The molecule has 0 atom stereocenters. The number of hydrogen-bond donors (Lipinski definition) is 0. The fourth-order valence-electron chi connectivity index (χ4n) is 2.60. The standard InChI is InChI=1S/C21H14N3O.Au/c25-21(19-9-5-2-6-10-19)24-15-20(22-23-24)18-13-11-17(12-14-18)16-7-3-1-4-8-16;/h1-14H;/q-1;+1. The van der Waals surface area contributed by atoms with Crippen molar-refractivity contribution in [3.05, 3.63) is 96.7 Å². The van der Waals surface area contributed by atoms with Crippen molar-refractivity contribution in [3.8, 4) is 22.4 Å². The fourth-order valence-corrected chi connectivity index (χ4v) is 2.60. The Hall–Kier alpha value is -2.79. The van der Waals surface area contributed by atoms with Crippen LogP contribution in [0.25, 0.3) is 22.4 Å². The van der Waals surface area contributed by atoms with Crippen molar-refractivity contribution in [1.29, 1.82) is 0 Å². The summed E-state index contributed by atoms with van der Waals surface area (Å²) in [4.78, 5) is 12.4. The summed E-state index contributed by atoms with van der Waals surface area (Å²) in [6.45, 7) is 0. The molecule has 0 aliphatic rings. The molecule has 4 aromatic rings. The number of aromatic nitrogens is 3. The summed E-state index contributed by atoms with van der Waals surface area (Å²) in [7, 11) is 0. The van der Waals surface area contributed by atoms with Crippen molar-refractivity contribution in [2.45, 2.75) is 0 Å². The third-order valence-corrected chi connectivity index (χ3v) is 3.92. The van der Waals surface area contributed by atoms with Crippen LogP contribution in [0.3, 0.4) is 0 Å². The molecule has 4 rings (SSSR count). The molecule has 0 saturated heterocycles. The van der Waals surface area contributed by atoms with E-state index >= 15 is 0 Å². The van der Waals surface area contributed by atoms with E-state index in [0.29, 0.717) is 11.3 Å². The Labute approximate surface area is 167 Å². The van der Waals surface area contributed by atoms with Crippen molar-refractivity contribution in [2.75, 3.05) is 0 Å². The van der Waals surface area contributed by atoms with Crippen molar-refractivity contribution in [1.82, 2.24) is 15.0 Å². The van der Waals surface area contributed by atoms with Crippen LogP contribution in [0.1, 0.15) is 10.4 Å². The molecular formula is C21H14AuN3O. The third-order valence-electron chi connectivity index (χ3n) is 3.92. The quantitative estimate of drug-likeness (QED) is 0.302. The molecule has 0 spiro atoms. The summed E-state index contributed by atoms with van der Waals surface area (Å²) in [6, 6.07) is 27.1. The van der Waals surface area contributed by atoms with Crippen molar-refractivity contribution >= 4 is 5.91 Å².